The second-order valence-electron chi connectivity index (χ2n) is 7.20. The molecule has 2 fully saturated rings. The molecule has 0 radical (unpaired) electrons. The highest BCUT2D eigenvalue weighted by Gasteiger charge is 2.37. The van der Waals surface area contributed by atoms with Crippen molar-refractivity contribution in [3.63, 3.8) is 0 Å². The van der Waals surface area contributed by atoms with Crippen molar-refractivity contribution in [3.05, 3.63) is 0 Å². The van der Waals surface area contributed by atoms with Crippen LogP contribution in [0.2, 0.25) is 0 Å². The van der Waals surface area contributed by atoms with Crippen molar-refractivity contribution in [2.45, 2.75) is 90.3 Å². The Labute approximate surface area is 113 Å². The van der Waals surface area contributed by atoms with Crippen molar-refractivity contribution in [2.24, 2.45) is 5.41 Å². The molecule has 2 atom stereocenters. The molecule has 2 rings (SSSR count). The first-order chi connectivity index (χ1) is 8.49. The zero-order valence-electron chi connectivity index (χ0n) is 12.7. The molecule has 0 spiro atoms. The Morgan fingerprint density at radius 2 is 1.72 bits per heavy atom. The molecule has 0 aromatic carbocycles. The molecular weight excluding hydrogens is 222 g/mol. The second kappa shape index (κ2) is 5.50. The first-order valence-corrected chi connectivity index (χ1v) is 7.89. The van der Waals surface area contributed by atoms with E-state index in [1.807, 2.05) is 0 Å². The lowest BCUT2D eigenvalue weighted by Crippen LogP contribution is -2.49. The molecule has 0 bridgehead atoms. The van der Waals surface area contributed by atoms with Gasteiger partial charge in [-0.2, -0.15) is 0 Å². The Bertz CT molecular complexity index is 270. The molecule has 18 heavy (non-hydrogen) atoms. The normalized spacial score (nSPS) is 34.7. The molecule has 0 aromatic heterocycles. The maximum absolute atomic E-state index is 6.06. The van der Waals surface area contributed by atoms with Gasteiger partial charge in [0.1, 0.15) is 0 Å². The van der Waals surface area contributed by atoms with Crippen molar-refractivity contribution in [1.82, 2.24) is 5.32 Å². The summed E-state index contributed by atoms with van der Waals surface area (Å²) < 4.78 is 6.06. The highest BCUT2D eigenvalue weighted by molar-refractivity contribution is 4.93. The summed E-state index contributed by atoms with van der Waals surface area (Å²) in [6.07, 6.45) is 8.77. The van der Waals surface area contributed by atoms with Gasteiger partial charge in [-0.05, 0) is 50.4 Å². The smallest absolute Gasteiger partial charge is 0.0692 e. The predicted molar refractivity (Wildman–Crippen MR) is 76.8 cm³/mol. The molecule has 2 heteroatoms. The summed E-state index contributed by atoms with van der Waals surface area (Å²) in [6.45, 7) is 10.3. The van der Waals surface area contributed by atoms with Crippen molar-refractivity contribution in [2.75, 3.05) is 6.61 Å². The molecule has 1 N–H and O–H groups in total. The fourth-order valence-corrected chi connectivity index (χ4v) is 3.82. The number of nitrogens with one attached hydrogen (secondary N) is 1. The number of hydrogen-bond acceptors (Lipinski definition) is 2. The highest BCUT2D eigenvalue weighted by Crippen LogP contribution is 2.38. The molecule has 0 amide bonds. The molecular formula is C16H31NO. The zero-order valence-corrected chi connectivity index (χ0v) is 12.7. The van der Waals surface area contributed by atoms with Crippen LogP contribution in [0.5, 0.6) is 0 Å². The van der Waals surface area contributed by atoms with Crippen LogP contribution >= 0.6 is 0 Å². The van der Waals surface area contributed by atoms with E-state index in [-0.39, 0.29) is 5.60 Å². The summed E-state index contributed by atoms with van der Waals surface area (Å²) in [5, 5.41) is 3.92. The molecule has 2 nitrogen and oxygen atoms in total. The van der Waals surface area contributed by atoms with Crippen molar-refractivity contribution in [3.8, 4) is 0 Å². The van der Waals surface area contributed by atoms with E-state index >= 15 is 0 Å². The SMILES string of the molecule is CCC1(CC)CC(NC2CCC(C)(C)C2)CCO1. The third kappa shape index (κ3) is 3.27. The van der Waals surface area contributed by atoms with Crippen LogP contribution in [-0.2, 0) is 4.74 Å². The van der Waals surface area contributed by atoms with E-state index in [9.17, 15) is 0 Å². The third-order valence-corrected chi connectivity index (χ3v) is 5.22. The van der Waals surface area contributed by atoms with Crippen LogP contribution in [0.15, 0.2) is 0 Å². The molecule has 106 valence electrons. The average Bonchev–Trinajstić information content (AvgIpc) is 2.69. The van der Waals surface area contributed by atoms with Gasteiger partial charge < -0.3 is 10.1 Å². The molecule has 1 saturated carbocycles. The summed E-state index contributed by atoms with van der Waals surface area (Å²) in [5.74, 6) is 0. The number of rotatable bonds is 4. The quantitative estimate of drug-likeness (QED) is 0.820. The minimum atomic E-state index is 0.157. The van der Waals surface area contributed by atoms with Crippen LogP contribution < -0.4 is 5.32 Å². The van der Waals surface area contributed by atoms with Gasteiger partial charge in [0.25, 0.3) is 0 Å². The van der Waals surface area contributed by atoms with Crippen LogP contribution in [0, 0.1) is 5.41 Å². The van der Waals surface area contributed by atoms with E-state index in [0.29, 0.717) is 11.5 Å². The van der Waals surface area contributed by atoms with Crippen LogP contribution in [0.25, 0.3) is 0 Å². The fraction of sp³-hybridized carbons (Fsp3) is 1.00. The molecule has 1 heterocycles. The summed E-state index contributed by atoms with van der Waals surface area (Å²) in [7, 11) is 0. The second-order valence-corrected chi connectivity index (χ2v) is 7.20. The third-order valence-electron chi connectivity index (χ3n) is 5.22. The number of hydrogen-bond donors (Lipinski definition) is 1. The first-order valence-electron chi connectivity index (χ1n) is 7.89. The van der Waals surface area contributed by atoms with E-state index in [0.717, 1.165) is 25.5 Å². The molecule has 2 unspecified atom stereocenters. The van der Waals surface area contributed by atoms with E-state index < -0.39 is 0 Å². The average molecular weight is 253 g/mol. The number of ether oxygens (including phenoxy) is 1. The van der Waals surface area contributed by atoms with Crippen molar-refractivity contribution >= 4 is 0 Å². The largest absolute Gasteiger partial charge is 0.375 e. The summed E-state index contributed by atoms with van der Waals surface area (Å²) in [4.78, 5) is 0. The van der Waals surface area contributed by atoms with Gasteiger partial charge >= 0.3 is 0 Å². The van der Waals surface area contributed by atoms with E-state index in [4.69, 9.17) is 4.74 Å². The van der Waals surface area contributed by atoms with Crippen LogP contribution in [-0.4, -0.2) is 24.3 Å². The lowest BCUT2D eigenvalue weighted by atomic mass is 9.85. The Hall–Kier alpha value is -0.0800. The van der Waals surface area contributed by atoms with Gasteiger partial charge in [0, 0.05) is 18.7 Å². The van der Waals surface area contributed by atoms with Crippen LogP contribution in [0.4, 0.5) is 0 Å². The monoisotopic (exact) mass is 253 g/mol. The molecule has 1 aliphatic heterocycles. The van der Waals surface area contributed by atoms with Crippen LogP contribution in [0.3, 0.4) is 0 Å². The lowest BCUT2D eigenvalue weighted by molar-refractivity contribution is -0.0940. The predicted octanol–water partition coefficient (Wildman–Crippen LogP) is 3.89. The van der Waals surface area contributed by atoms with Gasteiger partial charge in [0.05, 0.1) is 5.60 Å². The standard InChI is InChI=1S/C16H31NO/c1-5-16(6-2)12-14(8-10-18-16)17-13-7-9-15(3,4)11-13/h13-14,17H,5-12H2,1-4H3. The van der Waals surface area contributed by atoms with Crippen LogP contribution in [0.1, 0.15) is 72.6 Å². The molecule has 2 aliphatic rings. The maximum atomic E-state index is 6.06. The van der Waals surface area contributed by atoms with Gasteiger partial charge in [-0.3, -0.25) is 0 Å². The summed E-state index contributed by atoms with van der Waals surface area (Å²) in [6, 6.07) is 1.42. The Morgan fingerprint density at radius 1 is 1.06 bits per heavy atom. The van der Waals surface area contributed by atoms with Crippen molar-refractivity contribution in [1.29, 1.82) is 0 Å². The maximum Gasteiger partial charge on any atom is 0.0692 e. The van der Waals surface area contributed by atoms with Gasteiger partial charge in [-0.15, -0.1) is 0 Å². The van der Waals surface area contributed by atoms with Crippen molar-refractivity contribution < 1.29 is 4.74 Å². The fourth-order valence-electron chi connectivity index (χ4n) is 3.82. The van der Waals surface area contributed by atoms with E-state index in [1.165, 1.54) is 32.1 Å². The Morgan fingerprint density at radius 3 is 2.28 bits per heavy atom. The minimum Gasteiger partial charge on any atom is -0.375 e. The zero-order chi connectivity index (χ0) is 13.2. The van der Waals surface area contributed by atoms with Gasteiger partial charge in [-0.1, -0.05) is 27.7 Å². The topological polar surface area (TPSA) is 21.3 Å². The van der Waals surface area contributed by atoms with E-state index in [2.05, 4.69) is 33.0 Å². The van der Waals surface area contributed by atoms with E-state index in [1.54, 1.807) is 0 Å². The van der Waals surface area contributed by atoms with Gasteiger partial charge in [-0.25, -0.2) is 0 Å². The Balaban J connectivity index is 1.87. The summed E-state index contributed by atoms with van der Waals surface area (Å²) >= 11 is 0. The summed E-state index contributed by atoms with van der Waals surface area (Å²) in [5.41, 5.74) is 0.708. The lowest BCUT2D eigenvalue weighted by Gasteiger charge is -2.41. The molecule has 0 aromatic rings. The first kappa shape index (κ1) is 14.3. The Kier molecular flexibility index (Phi) is 4.38. The van der Waals surface area contributed by atoms with Gasteiger partial charge in [0.15, 0.2) is 0 Å². The molecule has 1 aliphatic carbocycles. The minimum absolute atomic E-state index is 0.157. The molecule has 1 saturated heterocycles. The van der Waals surface area contributed by atoms with Gasteiger partial charge in [0.2, 0.25) is 0 Å². The highest BCUT2D eigenvalue weighted by atomic mass is 16.5.